The Hall–Kier alpha value is -2.72. The summed E-state index contributed by atoms with van der Waals surface area (Å²) in [4.78, 5) is 21.8. The molecular formula is C27H29ClFN3O4S. The minimum atomic E-state index is -1.13. The highest BCUT2D eigenvalue weighted by molar-refractivity contribution is 7.21. The fourth-order valence-electron chi connectivity index (χ4n) is 4.77. The van der Waals surface area contributed by atoms with Crippen LogP contribution in [-0.4, -0.2) is 53.9 Å². The Morgan fingerprint density at radius 2 is 2.11 bits per heavy atom. The summed E-state index contributed by atoms with van der Waals surface area (Å²) in [6.07, 6.45) is 1.74. The lowest BCUT2D eigenvalue weighted by molar-refractivity contribution is -0.116. The summed E-state index contributed by atoms with van der Waals surface area (Å²) in [6.45, 7) is 4.79. The number of hydrogen-bond acceptors (Lipinski definition) is 7. The van der Waals surface area contributed by atoms with Gasteiger partial charge in [-0.3, -0.25) is 4.79 Å². The summed E-state index contributed by atoms with van der Waals surface area (Å²) in [5, 5.41) is 19.9. The maximum Gasteiger partial charge on any atom is 0.275 e. The molecule has 0 spiro atoms. The number of ether oxygens (including phenoxy) is 1. The lowest BCUT2D eigenvalue weighted by atomic mass is 10.0. The van der Waals surface area contributed by atoms with E-state index in [0.717, 1.165) is 52.9 Å². The summed E-state index contributed by atoms with van der Waals surface area (Å²) in [7, 11) is 0. The van der Waals surface area contributed by atoms with Gasteiger partial charge in [0.1, 0.15) is 12.7 Å². The Bertz CT molecular complexity index is 1320. The monoisotopic (exact) mass is 545 g/mol. The molecule has 2 aliphatic heterocycles. The van der Waals surface area contributed by atoms with Gasteiger partial charge in [-0.05, 0) is 67.6 Å². The molecule has 2 aromatic carbocycles. The van der Waals surface area contributed by atoms with Gasteiger partial charge < -0.3 is 24.9 Å². The van der Waals surface area contributed by atoms with E-state index in [1.807, 2.05) is 25.1 Å². The Morgan fingerprint density at radius 1 is 1.30 bits per heavy atom. The van der Waals surface area contributed by atoms with Gasteiger partial charge in [-0.1, -0.05) is 35.8 Å². The summed E-state index contributed by atoms with van der Waals surface area (Å²) in [5.74, 6) is -0.857. The Kier molecular flexibility index (Phi) is 7.95. The molecule has 7 nitrogen and oxygen atoms in total. The SMILES string of the molecule is CCCOc1ccc([C@@H](O)[C@@H](CN2CCCC2)NC(=O)C2=NOCc3c2sc2cc(Cl)ccc32)cc1F. The molecule has 5 rings (SSSR count). The molecule has 3 heterocycles. The largest absolute Gasteiger partial charge is 0.491 e. The van der Waals surface area contributed by atoms with Gasteiger partial charge in [-0.15, -0.1) is 11.3 Å². The average Bonchev–Trinajstić information content (AvgIpc) is 3.54. The molecule has 0 unspecified atom stereocenters. The zero-order valence-corrected chi connectivity index (χ0v) is 22.1. The summed E-state index contributed by atoms with van der Waals surface area (Å²) in [6, 6.07) is 9.32. The van der Waals surface area contributed by atoms with E-state index in [0.29, 0.717) is 23.7 Å². The molecule has 37 heavy (non-hydrogen) atoms. The maximum absolute atomic E-state index is 14.7. The molecule has 196 valence electrons. The zero-order valence-electron chi connectivity index (χ0n) is 20.5. The van der Waals surface area contributed by atoms with Gasteiger partial charge in [-0.2, -0.15) is 0 Å². The Labute approximate surface area is 223 Å². The van der Waals surface area contributed by atoms with Gasteiger partial charge in [0.2, 0.25) is 0 Å². The number of likely N-dealkylation sites (tertiary alicyclic amines) is 1. The van der Waals surface area contributed by atoms with Crippen molar-refractivity contribution in [2.24, 2.45) is 5.16 Å². The van der Waals surface area contributed by atoms with Crippen LogP contribution in [0.4, 0.5) is 4.39 Å². The lowest BCUT2D eigenvalue weighted by Gasteiger charge is -2.29. The molecule has 2 N–H and O–H groups in total. The first-order valence-electron chi connectivity index (χ1n) is 12.5. The van der Waals surface area contributed by atoms with Crippen LogP contribution in [0.5, 0.6) is 5.75 Å². The van der Waals surface area contributed by atoms with Crippen LogP contribution in [-0.2, 0) is 16.2 Å². The van der Waals surface area contributed by atoms with Crippen molar-refractivity contribution < 1.29 is 23.9 Å². The number of oxime groups is 1. The van der Waals surface area contributed by atoms with Crippen LogP contribution >= 0.6 is 22.9 Å². The van der Waals surface area contributed by atoms with Crippen LogP contribution in [0.1, 0.15) is 48.3 Å². The number of hydrogen-bond donors (Lipinski definition) is 2. The second-order valence-corrected chi connectivity index (χ2v) is 10.8. The van der Waals surface area contributed by atoms with Gasteiger partial charge in [0.25, 0.3) is 5.91 Å². The molecule has 3 aromatic rings. The smallest absolute Gasteiger partial charge is 0.275 e. The van der Waals surface area contributed by atoms with Crippen molar-refractivity contribution in [3.05, 3.63) is 63.2 Å². The number of nitrogens with zero attached hydrogens (tertiary/aromatic N) is 2. The van der Waals surface area contributed by atoms with E-state index >= 15 is 0 Å². The van der Waals surface area contributed by atoms with Crippen LogP contribution < -0.4 is 10.1 Å². The number of aliphatic hydroxyl groups excluding tert-OH is 1. The number of carbonyl (C=O) groups excluding carboxylic acids is 1. The zero-order chi connectivity index (χ0) is 25.9. The van der Waals surface area contributed by atoms with Crippen molar-refractivity contribution in [1.29, 1.82) is 0 Å². The van der Waals surface area contributed by atoms with E-state index in [1.165, 1.54) is 23.5 Å². The molecule has 1 amide bonds. The van der Waals surface area contributed by atoms with Crippen LogP contribution in [0.15, 0.2) is 41.6 Å². The van der Waals surface area contributed by atoms with E-state index in [-0.39, 0.29) is 18.1 Å². The van der Waals surface area contributed by atoms with E-state index in [2.05, 4.69) is 15.4 Å². The van der Waals surface area contributed by atoms with Gasteiger partial charge in [0.05, 0.1) is 17.5 Å². The number of aliphatic hydroxyl groups is 1. The number of fused-ring (bicyclic) bond motifs is 3. The normalized spacial score (nSPS) is 17.1. The third-order valence-electron chi connectivity index (χ3n) is 6.66. The van der Waals surface area contributed by atoms with Crippen LogP contribution in [0, 0.1) is 5.82 Å². The van der Waals surface area contributed by atoms with Gasteiger partial charge in [0, 0.05) is 21.8 Å². The molecule has 1 aromatic heterocycles. The first kappa shape index (κ1) is 25.9. The Morgan fingerprint density at radius 3 is 2.86 bits per heavy atom. The van der Waals surface area contributed by atoms with Crippen molar-refractivity contribution in [2.45, 2.75) is 44.9 Å². The number of rotatable bonds is 9. The molecule has 0 radical (unpaired) electrons. The first-order valence-corrected chi connectivity index (χ1v) is 13.7. The lowest BCUT2D eigenvalue weighted by Crippen LogP contribution is -2.49. The highest BCUT2D eigenvalue weighted by Crippen LogP contribution is 2.36. The van der Waals surface area contributed by atoms with Crippen molar-refractivity contribution in [3.63, 3.8) is 0 Å². The summed E-state index contributed by atoms with van der Waals surface area (Å²) in [5.41, 5.74) is 1.41. The molecule has 2 aliphatic rings. The Balaban J connectivity index is 1.39. The third-order valence-corrected chi connectivity index (χ3v) is 8.10. The number of halogens is 2. The van der Waals surface area contributed by atoms with Gasteiger partial charge >= 0.3 is 0 Å². The molecule has 0 bridgehead atoms. The molecule has 0 aliphatic carbocycles. The number of nitrogens with one attached hydrogen (secondary N) is 1. The van der Waals surface area contributed by atoms with Crippen molar-refractivity contribution in [2.75, 3.05) is 26.2 Å². The minimum absolute atomic E-state index is 0.143. The highest BCUT2D eigenvalue weighted by atomic mass is 35.5. The van der Waals surface area contributed by atoms with E-state index in [9.17, 15) is 14.3 Å². The van der Waals surface area contributed by atoms with E-state index < -0.39 is 23.9 Å². The number of benzene rings is 2. The first-order chi connectivity index (χ1) is 17.9. The fourth-order valence-corrected chi connectivity index (χ4v) is 6.24. The molecule has 0 saturated carbocycles. The van der Waals surface area contributed by atoms with Gasteiger partial charge in [-0.25, -0.2) is 4.39 Å². The topological polar surface area (TPSA) is 83.4 Å². The van der Waals surface area contributed by atoms with Crippen LogP contribution in [0.25, 0.3) is 10.1 Å². The summed E-state index contributed by atoms with van der Waals surface area (Å²) >= 11 is 7.60. The second-order valence-electron chi connectivity index (χ2n) is 9.33. The maximum atomic E-state index is 14.7. The predicted octanol–water partition coefficient (Wildman–Crippen LogP) is 5.03. The minimum Gasteiger partial charge on any atom is -0.491 e. The number of amides is 1. The van der Waals surface area contributed by atoms with Crippen LogP contribution in [0.2, 0.25) is 5.02 Å². The molecule has 10 heteroatoms. The van der Waals surface area contributed by atoms with Gasteiger partial charge in [0.15, 0.2) is 17.3 Å². The molecule has 1 saturated heterocycles. The molecule has 1 fully saturated rings. The average molecular weight is 546 g/mol. The standard InChI is InChI=1S/C27H29ClFN3O4S/c1-2-11-35-22-8-5-16(12-20(22)29)25(33)21(14-32-9-3-4-10-32)30-27(34)24-26-19(15-36-31-24)18-7-6-17(28)13-23(18)37-26/h5-8,12-13,21,25,33H,2-4,9-11,14-15H2,1H3,(H,30,34)/t21-,25-/m1/s1. The quantitative estimate of drug-likeness (QED) is 0.394. The van der Waals surface area contributed by atoms with Crippen LogP contribution in [0.3, 0.4) is 0 Å². The fraction of sp³-hybridized carbons (Fsp3) is 0.407. The van der Waals surface area contributed by atoms with Crippen molar-refractivity contribution >= 4 is 44.6 Å². The number of thiophene rings is 1. The van der Waals surface area contributed by atoms with E-state index in [1.54, 1.807) is 6.07 Å². The predicted molar refractivity (Wildman–Crippen MR) is 143 cm³/mol. The number of carbonyl (C=O) groups is 1. The van der Waals surface area contributed by atoms with Crippen molar-refractivity contribution in [1.82, 2.24) is 10.2 Å². The van der Waals surface area contributed by atoms with Crippen molar-refractivity contribution in [3.8, 4) is 5.75 Å². The third kappa shape index (κ3) is 5.60. The second kappa shape index (κ2) is 11.3. The molecular weight excluding hydrogens is 517 g/mol. The van der Waals surface area contributed by atoms with E-state index in [4.69, 9.17) is 21.2 Å². The highest BCUT2D eigenvalue weighted by Gasteiger charge is 2.32. The molecule has 2 atom stereocenters. The summed E-state index contributed by atoms with van der Waals surface area (Å²) < 4.78 is 21.0.